The fraction of sp³-hybridized carbons (Fsp3) is 0.267. The van der Waals surface area contributed by atoms with E-state index in [0.29, 0.717) is 11.7 Å². The second-order valence-electron chi connectivity index (χ2n) is 4.61. The summed E-state index contributed by atoms with van der Waals surface area (Å²) in [6, 6.07) is 8.14. The molecule has 0 amide bonds. The van der Waals surface area contributed by atoms with Crippen molar-refractivity contribution in [1.29, 1.82) is 0 Å². The van der Waals surface area contributed by atoms with Gasteiger partial charge in [0, 0.05) is 18.4 Å². The molecule has 0 unspecified atom stereocenters. The third-order valence-electron chi connectivity index (χ3n) is 2.84. The quantitative estimate of drug-likeness (QED) is 0.792. The Balaban J connectivity index is 2.03. The lowest BCUT2D eigenvalue weighted by Crippen LogP contribution is -2.19. The molecular formula is C15H14ClF3N2O2. The molecule has 1 aromatic carbocycles. The molecule has 1 aromatic heterocycles. The Bertz CT molecular complexity index is 665. The van der Waals surface area contributed by atoms with Crippen LogP contribution in [0.25, 0.3) is 0 Å². The molecule has 0 fully saturated rings. The smallest absolute Gasteiger partial charge is 0.422 e. The number of alkyl halides is 3. The van der Waals surface area contributed by atoms with Gasteiger partial charge in [-0.15, -0.1) is 0 Å². The van der Waals surface area contributed by atoms with Crippen LogP contribution in [0.15, 0.2) is 36.5 Å². The standard InChI is InChI=1S/C15H14ClF3N2O2/c1-22-13-6-10(2-3-12(13)23-9-15(17,18)19)8-21-11-4-5-20-14(16)7-11/h2-7H,8-9H2,1H3,(H,20,21). The van der Waals surface area contributed by atoms with Gasteiger partial charge in [0.15, 0.2) is 18.1 Å². The van der Waals surface area contributed by atoms with Gasteiger partial charge in [0.2, 0.25) is 0 Å². The van der Waals surface area contributed by atoms with Crippen LogP contribution in [0.5, 0.6) is 11.5 Å². The molecule has 8 heteroatoms. The lowest BCUT2D eigenvalue weighted by atomic mass is 10.2. The predicted octanol–water partition coefficient (Wildman–Crippen LogP) is 4.30. The number of nitrogens with zero attached hydrogens (tertiary/aromatic N) is 1. The minimum atomic E-state index is -4.40. The number of aromatic nitrogens is 1. The fourth-order valence-electron chi connectivity index (χ4n) is 1.82. The summed E-state index contributed by atoms with van der Waals surface area (Å²) in [5.41, 5.74) is 1.59. The molecule has 1 N–H and O–H groups in total. The Kier molecular flexibility index (Phi) is 5.54. The van der Waals surface area contributed by atoms with Gasteiger partial charge in [-0.25, -0.2) is 4.98 Å². The van der Waals surface area contributed by atoms with Gasteiger partial charge in [0.05, 0.1) is 7.11 Å². The van der Waals surface area contributed by atoms with E-state index in [2.05, 4.69) is 10.3 Å². The Labute approximate surface area is 136 Å². The Morgan fingerprint density at radius 3 is 2.61 bits per heavy atom. The van der Waals surface area contributed by atoms with Crippen molar-refractivity contribution < 1.29 is 22.6 Å². The highest BCUT2D eigenvalue weighted by Crippen LogP contribution is 2.30. The number of methoxy groups -OCH3 is 1. The topological polar surface area (TPSA) is 43.4 Å². The van der Waals surface area contributed by atoms with Crippen LogP contribution in [0.3, 0.4) is 0 Å². The zero-order chi connectivity index (χ0) is 16.9. The molecule has 2 aromatic rings. The second-order valence-corrected chi connectivity index (χ2v) is 5.00. The summed E-state index contributed by atoms with van der Waals surface area (Å²) in [5, 5.41) is 3.49. The average Bonchev–Trinajstić information content (AvgIpc) is 2.50. The molecule has 23 heavy (non-hydrogen) atoms. The molecule has 0 bridgehead atoms. The first-order chi connectivity index (χ1) is 10.9. The van der Waals surface area contributed by atoms with Crippen LogP contribution in [0.2, 0.25) is 5.15 Å². The molecule has 2 rings (SSSR count). The zero-order valence-corrected chi connectivity index (χ0v) is 12.9. The lowest BCUT2D eigenvalue weighted by Gasteiger charge is -2.14. The number of hydrogen-bond donors (Lipinski definition) is 1. The maximum absolute atomic E-state index is 12.2. The number of hydrogen-bond acceptors (Lipinski definition) is 4. The van der Waals surface area contributed by atoms with Crippen LogP contribution in [-0.4, -0.2) is 24.9 Å². The van der Waals surface area contributed by atoms with Gasteiger partial charge >= 0.3 is 6.18 Å². The third-order valence-corrected chi connectivity index (χ3v) is 3.05. The first kappa shape index (κ1) is 17.2. The van der Waals surface area contributed by atoms with Gasteiger partial charge in [-0.1, -0.05) is 17.7 Å². The van der Waals surface area contributed by atoms with Gasteiger partial charge in [-0.3, -0.25) is 0 Å². The molecule has 0 atom stereocenters. The number of halogens is 4. The Hall–Kier alpha value is -2.15. The SMILES string of the molecule is COc1cc(CNc2ccnc(Cl)c2)ccc1OCC(F)(F)F. The van der Waals surface area contributed by atoms with E-state index in [1.807, 2.05) is 0 Å². The van der Waals surface area contributed by atoms with Crippen LogP contribution >= 0.6 is 11.6 Å². The van der Waals surface area contributed by atoms with Crippen molar-refractivity contribution in [3.05, 3.63) is 47.2 Å². The van der Waals surface area contributed by atoms with E-state index in [1.165, 1.54) is 13.2 Å². The Morgan fingerprint density at radius 1 is 1.17 bits per heavy atom. The molecular weight excluding hydrogens is 333 g/mol. The molecule has 4 nitrogen and oxygen atoms in total. The maximum atomic E-state index is 12.2. The summed E-state index contributed by atoms with van der Waals surface area (Å²) in [5.74, 6) is 0.279. The highest BCUT2D eigenvalue weighted by atomic mass is 35.5. The highest BCUT2D eigenvalue weighted by molar-refractivity contribution is 6.29. The van der Waals surface area contributed by atoms with E-state index in [0.717, 1.165) is 11.3 Å². The van der Waals surface area contributed by atoms with Crippen molar-refractivity contribution in [3.8, 4) is 11.5 Å². The van der Waals surface area contributed by atoms with Crippen LogP contribution in [0.1, 0.15) is 5.56 Å². The van der Waals surface area contributed by atoms with E-state index >= 15 is 0 Å². The van der Waals surface area contributed by atoms with Gasteiger partial charge in [-0.05, 0) is 29.8 Å². The van der Waals surface area contributed by atoms with Crippen molar-refractivity contribution >= 4 is 17.3 Å². The summed E-state index contributed by atoms with van der Waals surface area (Å²) in [6.07, 6.45) is -2.83. The van der Waals surface area contributed by atoms with Crippen molar-refractivity contribution in [2.75, 3.05) is 19.0 Å². The minimum Gasteiger partial charge on any atom is -0.493 e. The Morgan fingerprint density at radius 2 is 1.96 bits per heavy atom. The fourth-order valence-corrected chi connectivity index (χ4v) is 1.99. The molecule has 124 valence electrons. The second kappa shape index (κ2) is 7.41. The average molecular weight is 347 g/mol. The van der Waals surface area contributed by atoms with Crippen molar-refractivity contribution in [3.63, 3.8) is 0 Å². The highest BCUT2D eigenvalue weighted by Gasteiger charge is 2.29. The van der Waals surface area contributed by atoms with Crippen molar-refractivity contribution in [1.82, 2.24) is 4.98 Å². The van der Waals surface area contributed by atoms with E-state index in [1.54, 1.807) is 30.5 Å². The molecule has 0 aliphatic rings. The molecule has 0 aliphatic carbocycles. The van der Waals surface area contributed by atoms with Gasteiger partial charge in [0.1, 0.15) is 5.15 Å². The van der Waals surface area contributed by atoms with E-state index < -0.39 is 12.8 Å². The molecule has 1 heterocycles. The minimum absolute atomic E-state index is 0.0422. The molecule has 0 aliphatic heterocycles. The van der Waals surface area contributed by atoms with Crippen LogP contribution in [0, 0.1) is 0 Å². The molecule has 0 radical (unpaired) electrons. The summed E-state index contributed by atoms with van der Waals surface area (Å²) in [4.78, 5) is 3.87. The van der Waals surface area contributed by atoms with Gasteiger partial charge < -0.3 is 14.8 Å². The van der Waals surface area contributed by atoms with Crippen molar-refractivity contribution in [2.24, 2.45) is 0 Å². The van der Waals surface area contributed by atoms with E-state index in [-0.39, 0.29) is 11.5 Å². The van der Waals surface area contributed by atoms with Crippen LogP contribution in [-0.2, 0) is 6.54 Å². The van der Waals surface area contributed by atoms with Crippen LogP contribution in [0.4, 0.5) is 18.9 Å². The zero-order valence-electron chi connectivity index (χ0n) is 12.2. The summed E-state index contributed by atoms with van der Waals surface area (Å²) < 4.78 is 46.4. The monoisotopic (exact) mass is 346 g/mol. The first-order valence-corrected chi connectivity index (χ1v) is 6.97. The van der Waals surface area contributed by atoms with Crippen LogP contribution < -0.4 is 14.8 Å². The van der Waals surface area contributed by atoms with Gasteiger partial charge in [0.25, 0.3) is 0 Å². The van der Waals surface area contributed by atoms with E-state index in [4.69, 9.17) is 21.1 Å². The third kappa shape index (κ3) is 5.52. The molecule has 0 saturated heterocycles. The maximum Gasteiger partial charge on any atom is 0.422 e. The first-order valence-electron chi connectivity index (χ1n) is 6.59. The summed E-state index contributed by atoms with van der Waals surface area (Å²) in [6.45, 7) is -0.924. The summed E-state index contributed by atoms with van der Waals surface area (Å²) >= 11 is 5.79. The predicted molar refractivity (Wildman–Crippen MR) is 81.1 cm³/mol. The number of rotatable bonds is 6. The van der Waals surface area contributed by atoms with Crippen molar-refractivity contribution in [2.45, 2.75) is 12.7 Å². The lowest BCUT2D eigenvalue weighted by molar-refractivity contribution is -0.153. The summed E-state index contributed by atoms with van der Waals surface area (Å²) in [7, 11) is 1.37. The largest absolute Gasteiger partial charge is 0.493 e. The normalized spacial score (nSPS) is 11.2. The number of benzene rings is 1. The molecule has 0 spiro atoms. The van der Waals surface area contributed by atoms with E-state index in [9.17, 15) is 13.2 Å². The number of anilines is 1. The number of ether oxygens (including phenoxy) is 2. The number of nitrogens with one attached hydrogen (secondary N) is 1. The number of pyridine rings is 1. The van der Waals surface area contributed by atoms with Gasteiger partial charge in [-0.2, -0.15) is 13.2 Å². The molecule has 0 saturated carbocycles.